The highest BCUT2D eigenvalue weighted by Gasteiger charge is 2.27. The third-order valence-electron chi connectivity index (χ3n) is 4.55. The highest BCUT2D eigenvalue weighted by Crippen LogP contribution is 2.24. The van der Waals surface area contributed by atoms with Crippen LogP contribution in [0.5, 0.6) is 0 Å². The van der Waals surface area contributed by atoms with Crippen molar-refractivity contribution in [1.82, 2.24) is 10.2 Å². The van der Waals surface area contributed by atoms with E-state index >= 15 is 0 Å². The molecule has 0 aromatic rings. The summed E-state index contributed by atoms with van der Waals surface area (Å²) in [6.45, 7) is 8.68. The van der Waals surface area contributed by atoms with E-state index in [4.69, 9.17) is 0 Å². The summed E-state index contributed by atoms with van der Waals surface area (Å²) in [7, 11) is 0. The van der Waals surface area contributed by atoms with Gasteiger partial charge in [0.1, 0.15) is 0 Å². The van der Waals surface area contributed by atoms with E-state index < -0.39 is 0 Å². The van der Waals surface area contributed by atoms with Gasteiger partial charge >= 0.3 is 0 Å². The molecule has 0 saturated carbocycles. The van der Waals surface area contributed by atoms with Gasteiger partial charge in [-0.15, -0.1) is 0 Å². The van der Waals surface area contributed by atoms with E-state index in [1.807, 2.05) is 0 Å². The highest BCUT2D eigenvalue weighted by molar-refractivity contribution is 5.76. The Kier molecular flexibility index (Phi) is 4.43. The van der Waals surface area contributed by atoms with Crippen LogP contribution in [0.25, 0.3) is 0 Å². The average Bonchev–Trinajstić information content (AvgIpc) is 2.34. The van der Waals surface area contributed by atoms with Crippen molar-refractivity contribution in [1.29, 1.82) is 0 Å². The second-order valence-corrected chi connectivity index (χ2v) is 6.00. The SMILES string of the molecule is CC1CCN(C(=O)CC2CCCNC2)CC1C. The molecule has 2 aliphatic heterocycles. The fourth-order valence-corrected chi connectivity index (χ4v) is 2.96. The Hall–Kier alpha value is -0.570. The van der Waals surface area contributed by atoms with Gasteiger partial charge in [0, 0.05) is 19.5 Å². The van der Waals surface area contributed by atoms with E-state index in [2.05, 4.69) is 24.1 Å². The summed E-state index contributed by atoms with van der Waals surface area (Å²) in [6.07, 6.45) is 4.38. The normalized spacial score (nSPS) is 34.7. The van der Waals surface area contributed by atoms with Crippen LogP contribution >= 0.6 is 0 Å². The maximum Gasteiger partial charge on any atom is 0.222 e. The number of nitrogens with zero attached hydrogens (tertiary/aromatic N) is 1. The maximum absolute atomic E-state index is 12.2. The Labute approximate surface area is 105 Å². The first-order chi connectivity index (χ1) is 8.16. The Bertz CT molecular complexity index is 261. The van der Waals surface area contributed by atoms with Crippen LogP contribution in [-0.2, 0) is 4.79 Å². The van der Waals surface area contributed by atoms with Gasteiger partial charge in [-0.25, -0.2) is 0 Å². The predicted molar refractivity (Wildman–Crippen MR) is 69.7 cm³/mol. The quantitative estimate of drug-likeness (QED) is 0.796. The number of rotatable bonds is 2. The summed E-state index contributed by atoms with van der Waals surface area (Å²) in [5.74, 6) is 2.40. The number of carbonyl (C=O) groups excluding carboxylic acids is 1. The summed E-state index contributed by atoms with van der Waals surface area (Å²) in [4.78, 5) is 14.3. The van der Waals surface area contributed by atoms with Crippen molar-refractivity contribution in [3.8, 4) is 0 Å². The predicted octanol–water partition coefficient (Wildman–Crippen LogP) is 1.88. The Morgan fingerprint density at radius 1 is 1.29 bits per heavy atom. The maximum atomic E-state index is 12.2. The van der Waals surface area contributed by atoms with E-state index in [-0.39, 0.29) is 0 Å². The van der Waals surface area contributed by atoms with Gasteiger partial charge in [-0.3, -0.25) is 4.79 Å². The monoisotopic (exact) mass is 238 g/mol. The van der Waals surface area contributed by atoms with Crippen molar-refractivity contribution in [2.45, 2.75) is 39.5 Å². The molecule has 0 bridgehead atoms. The Morgan fingerprint density at radius 2 is 2.12 bits per heavy atom. The lowest BCUT2D eigenvalue weighted by Crippen LogP contribution is -2.43. The van der Waals surface area contributed by atoms with Crippen molar-refractivity contribution >= 4 is 5.91 Å². The van der Waals surface area contributed by atoms with Crippen LogP contribution in [0.4, 0.5) is 0 Å². The molecule has 2 rings (SSSR count). The van der Waals surface area contributed by atoms with Crippen molar-refractivity contribution in [3.05, 3.63) is 0 Å². The molecule has 2 aliphatic rings. The molecule has 1 amide bonds. The zero-order valence-electron chi connectivity index (χ0n) is 11.2. The van der Waals surface area contributed by atoms with Crippen LogP contribution in [0.1, 0.15) is 39.5 Å². The van der Waals surface area contributed by atoms with Crippen LogP contribution in [0.15, 0.2) is 0 Å². The molecule has 1 N–H and O–H groups in total. The fourth-order valence-electron chi connectivity index (χ4n) is 2.96. The lowest BCUT2D eigenvalue weighted by Gasteiger charge is -2.36. The molecular formula is C14H26N2O. The van der Waals surface area contributed by atoms with Crippen LogP contribution in [0, 0.1) is 17.8 Å². The lowest BCUT2D eigenvalue weighted by atomic mass is 9.88. The molecule has 2 saturated heterocycles. The summed E-state index contributed by atoms with van der Waals surface area (Å²) in [5.41, 5.74) is 0. The molecule has 3 nitrogen and oxygen atoms in total. The first kappa shape index (κ1) is 12.9. The number of carbonyl (C=O) groups is 1. The van der Waals surface area contributed by atoms with Gasteiger partial charge in [0.25, 0.3) is 0 Å². The zero-order chi connectivity index (χ0) is 12.3. The van der Waals surface area contributed by atoms with Crippen LogP contribution in [0.3, 0.4) is 0 Å². The molecular weight excluding hydrogens is 212 g/mol. The van der Waals surface area contributed by atoms with Gasteiger partial charge in [0.15, 0.2) is 0 Å². The lowest BCUT2D eigenvalue weighted by molar-refractivity contribution is -0.134. The van der Waals surface area contributed by atoms with Crippen LogP contribution in [-0.4, -0.2) is 37.0 Å². The number of piperidine rings is 2. The molecule has 2 heterocycles. The van der Waals surface area contributed by atoms with Gasteiger partial charge in [-0.05, 0) is 50.1 Å². The fraction of sp³-hybridized carbons (Fsp3) is 0.929. The topological polar surface area (TPSA) is 32.3 Å². The Balaban J connectivity index is 1.79. The van der Waals surface area contributed by atoms with Crippen molar-refractivity contribution < 1.29 is 4.79 Å². The standard InChI is InChI=1S/C14H26N2O/c1-11-5-7-16(10-12(11)2)14(17)8-13-4-3-6-15-9-13/h11-13,15H,3-10H2,1-2H3. The molecule has 3 atom stereocenters. The smallest absolute Gasteiger partial charge is 0.222 e. The van der Waals surface area contributed by atoms with Gasteiger partial charge in [-0.1, -0.05) is 13.8 Å². The Morgan fingerprint density at radius 3 is 2.76 bits per heavy atom. The first-order valence-electron chi connectivity index (χ1n) is 7.15. The van der Waals surface area contributed by atoms with E-state index in [9.17, 15) is 4.79 Å². The largest absolute Gasteiger partial charge is 0.342 e. The molecule has 98 valence electrons. The molecule has 17 heavy (non-hydrogen) atoms. The van der Waals surface area contributed by atoms with Gasteiger partial charge in [0.2, 0.25) is 5.91 Å². The van der Waals surface area contributed by atoms with Gasteiger partial charge in [-0.2, -0.15) is 0 Å². The summed E-state index contributed by atoms with van der Waals surface area (Å²) >= 11 is 0. The summed E-state index contributed by atoms with van der Waals surface area (Å²) in [5, 5.41) is 3.39. The van der Waals surface area contributed by atoms with Crippen molar-refractivity contribution in [2.75, 3.05) is 26.2 Å². The molecule has 0 aliphatic carbocycles. The van der Waals surface area contributed by atoms with Crippen molar-refractivity contribution in [3.63, 3.8) is 0 Å². The molecule has 0 spiro atoms. The second-order valence-electron chi connectivity index (χ2n) is 6.00. The minimum Gasteiger partial charge on any atom is -0.342 e. The highest BCUT2D eigenvalue weighted by atomic mass is 16.2. The average molecular weight is 238 g/mol. The number of amides is 1. The number of hydrogen-bond donors (Lipinski definition) is 1. The minimum atomic E-state index is 0.387. The van der Waals surface area contributed by atoms with E-state index in [1.54, 1.807) is 0 Å². The first-order valence-corrected chi connectivity index (χ1v) is 7.15. The minimum absolute atomic E-state index is 0.387. The van der Waals surface area contributed by atoms with E-state index in [0.717, 1.165) is 38.5 Å². The molecule has 0 aromatic carbocycles. The molecule has 2 fully saturated rings. The molecule has 3 heteroatoms. The number of hydrogen-bond acceptors (Lipinski definition) is 2. The number of likely N-dealkylation sites (tertiary alicyclic amines) is 1. The third kappa shape index (κ3) is 3.44. The van der Waals surface area contributed by atoms with Gasteiger partial charge in [0.05, 0.1) is 0 Å². The zero-order valence-corrected chi connectivity index (χ0v) is 11.2. The van der Waals surface area contributed by atoms with Crippen LogP contribution in [0.2, 0.25) is 0 Å². The number of nitrogens with one attached hydrogen (secondary N) is 1. The molecule has 3 unspecified atom stereocenters. The van der Waals surface area contributed by atoms with Gasteiger partial charge < -0.3 is 10.2 Å². The van der Waals surface area contributed by atoms with Crippen molar-refractivity contribution in [2.24, 2.45) is 17.8 Å². The second kappa shape index (κ2) is 5.85. The summed E-state index contributed by atoms with van der Waals surface area (Å²) in [6, 6.07) is 0. The van der Waals surface area contributed by atoms with E-state index in [0.29, 0.717) is 17.7 Å². The van der Waals surface area contributed by atoms with Crippen LogP contribution < -0.4 is 5.32 Å². The third-order valence-corrected chi connectivity index (χ3v) is 4.55. The molecule has 0 radical (unpaired) electrons. The molecule has 0 aromatic heterocycles. The summed E-state index contributed by atoms with van der Waals surface area (Å²) < 4.78 is 0. The van der Waals surface area contributed by atoms with E-state index in [1.165, 1.54) is 19.3 Å².